The van der Waals surface area contributed by atoms with Crippen molar-refractivity contribution in [3.63, 3.8) is 0 Å². The Labute approximate surface area is 209 Å². The summed E-state index contributed by atoms with van der Waals surface area (Å²) in [6, 6.07) is 4.85. The third-order valence-electron chi connectivity index (χ3n) is 5.99. The molecule has 35 heavy (non-hydrogen) atoms. The highest BCUT2D eigenvalue weighted by Gasteiger charge is 2.39. The number of rotatable bonds is 6. The Hall–Kier alpha value is -3.20. The lowest BCUT2D eigenvalue weighted by molar-refractivity contribution is -0.137. The summed E-state index contributed by atoms with van der Waals surface area (Å²) in [6.07, 6.45) is 2.55. The molecule has 1 aliphatic heterocycles. The van der Waals surface area contributed by atoms with Gasteiger partial charge in [-0.2, -0.15) is 0 Å². The van der Waals surface area contributed by atoms with E-state index in [4.69, 9.17) is 16.3 Å². The van der Waals surface area contributed by atoms with E-state index in [1.807, 2.05) is 13.8 Å². The monoisotopic (exact) mass is 504 g/mol. The molecule has 8 nitrogen and oxygen atoms in total. The molecule has 0 spiro atoms. The molecule has 0 unspecified atom stereocenters. The number of pyridine rings is 1. The van der Waals surface area contributed by atoms with Gasteiger partial charge in [0, 0.05) is 55.4 Å². The van der Waals surface area contributed by atoms with E-state index >= 15 is 4.39 Å². The second-order valence-electron chi connectivity index (χ2n) is 8.53. The summed E-state index contributed by atoms with van der Waals surface area (Å²) >= 11 is 6.40. The molecule has 0 saturated carbocycles. The van der Waals surface area contributed by atoms with E-state index in [0.717, 1.165) is 12.8 Å². The SMILES string of the molecule is CCCCOC(=O)N1C[C@@H](C)N(C(C)=O)[C@H](c2cc(Cl)cc(-c3ccnc(C(=O)NC)c3)c2F)C1. The van der Waals surface area contributed by atoms with E-state index in [9.17, 15) is 14.4 Å². The maximum atomic E-state index is 16.0. The summed E-state index contributed by atoms with van der Waals surface area (Å²) in [5, 5.41) is 2.75. The predicted molar refractivity (Wildman–Crippen MR) is 131 cm³/mol. The lowest BCUT2D eigenvalue weighted by Crippen LogP contribution is -2.56. The van der Waals surface area contributed by atoms with Crippen molar-refractivity contribution in [1.29, 1.82) is 0 Å². The predicted octanol–water partition coefficient (Wildman–Crippen LogP) is 4.43. The fraction of sp³-hybridized carbons (Fsp3) is 0.440. The van der Waals surface area contributed by atoms with E-state index in [2.05, 4.69) is 10.3 Å². The Morgan fingerprint density at radius 3 is 2.66 bits per heavy atom. The van der Waals surface area contributed by atoms with Gasteiger partial charge >= 0.3 is 6.09 Å². The second kappa shape index (κ2) is 11.5. The highest BCUT2D eigenvalue weighted by atomic mass is 35.5. The molecule has 1 N–H and O–H groups in total. The van der Waals surface area contributed by atoms with Crippen LogP contribution in [0.2, 0.25) is 5.02 Å². The zero-order valence-corrected chi connectivity index (χ0v) is 21.1. The highest BCUT2D eigenvalue weighted by Crippen LogP contribution is 2.37. The van der Waals surface area contributed by atoms with Crippen molar-refractivity contribution in [3.05, 3.63) is 52.6 Å². The van der Waals surface area contributed by atoms with E-state index in [0.29, 0.717) is 12.2 Å². The Balaban J connectivity index is 2.04. The van der Waals surface area contributed by atoms with Gasteiger partial charge in [0.1, 0.15) is 11.5 Å². The van der Waals surface area contributed by atoms with Crippen LogP contribution in [0.5, 0.6) is 0 Å². The summed E-state index contributed by atoms with van der Waals surface area (Å²) in [4.78, 5) is 44.4. The quantitative estimate of drug-likeness (QED) is 0.587. The average Bonchev–Trinajstić information content (AvgIpc) is 2.84. The maximum Gasteiger partial charge on any atom is 0.409 e. The molecule has 0 aliphatic carbocycles. The van der Waals surface area contributed by atoms with Gasteiger partial charge in [-0.15, -0.1) is 0 Å². The van der Waals surface area contributed by atoms with E-state index in [-0.39, 0.29) is 46.9 Å². The van der Waals surface area contributed by atoms with Crippen molar-refractivity contribution in [2.45, 2.75) is 45.7 Å². The molecule has 0 radical (unpaired) electrons. The molecule has 10 heteroatoms. The van der Waals surface area contributed by atoms with Gasteiger partial charge in [-0.3, -0.25) is 14.6 Å². The van der Waals surface area contributed by atoms with Gasteiger partial charge in [0.25, 0.3) is 5.91 Å². The minimum absolute atomic E-state index is 0.0609. The topological polar surface area (TPSA) is 91.8 Å². The molecule has 0 bridgehead atoms. The number of aromatic nitrogens is 1. The molecule has 1 aromatic carbocycles. The number of ether oxygens (including phenoxy) is 1. The average molecular weight is 505 g/mol. The van der Waals surface area contributed by atoms with Crippen molar-refractivity contribution < 1.29 is 23.5 Å². The van der Waals surface area contributed by atoms with Crippen LogP contribution in [0.3, 0.4) is 0 Å². The number of benzene rings is 1. The van der Waals surface area contributed by atoms with Gasteiger partial charge in [-0.1, -0.05) is 24.9 Å². The number of carbonyl (C=O) groups is 3. The van der Waals surface area contributed by atoms with Gasteiger partial charge in [-0.05, 0) is 43.2 Å². The fourth-order valence-corrected chi connectivity index (χ4v) is 4.55. The Morgan fingerprint density at radius 1 is 1.26 bits per heavy atom. The van der Waals surface area contributed by atoms with Gasteiger partial charge in [0.05, 0.1) is 12.6 Å². The number of hydrogen-bond acceptors (Lipinski definition) is 5. The summed E-state index contributed by atoms with van der Waals surface area (Å²) in [5.41, 5.74) is 0.884. The molecule has 2 atom stereocenters. The zero-order valence-electron chi connectivity index (χ0n) is 20.3. The van der Waals surface area contributed by atoms with Crippen molar-refractivity contribution >= 4 is 29.5 Å². The van der Waals surface area contributed by atoms with Crippen LogP contribution in [0.15, 0.2) is 30.5 Å². The lowest BCUT2D eigenvalue weighted by atomic mass is 9.94. The zero-order chi connectivity index (χ0) is 25.7. The van der Waals surface area contributed by atoms with Crippen LogP contribution < -0.4 is 5.32 Å². The van der Waals surface area contributed by atoms with Crippen molar-refractivity contribution in [2.24, 2.45) is 0 Å². The van der Waals surface area contributed by atoms with Gasteiger partial charge in [0.2, 0.25) is 5.91 Å². The van der Waals surface area contributed by atoms with Gasteiger partial charge in [-0.25, -0.2) is 9.18 Å². The summed E-state index contributed by atoms with van der Waals surface area (Å²) in [7, 11) is 1.48. The van der Waals surface area contributed by atoms with Crippen LogP contribution >= 0.6 is 11.6 Å². The molecule has 1 saturated heterocycles. The number of piperazine rings is 1. The van der Waals surface area contributed by atoms with Crippen LogP contribution in [0.25, 0.3) is 11.1 Å². The molecule has 3 amide bonds. The number of unbranched alkanes of at least 4 members (excludes halogenated alkanes) is 1. The molecule has 1 fully saturated rings. The van der Waals surface area contributed by atoms with Gasteiger partial charge in [0.15, 0.2) is 0 Å². The fourth-order valence-electron chi connectivity index (χ4n) is 4.32. The van der Waals surface area contributed by atoms with E-state index in [1.54, 1.807) is 11.0 Å². The third-order valence-corrected chi connectivity index (χ3v) is 6.21. The number of nitrogens with zero attached hydrogens (tertiary/aromatic N) is 3. The number of carbonyl (C=O) groups excluding carboxylic acids is 3. The van der Waals surface area contributed by atoms with Crippen LogP contribution in [0.1, 0.15) is 55.7 Å². The second-order valence-corrected chi connectivity index (χ2v) is 8.97. The van der Waals surface area contributed by atoms with Crippen molar-refractivity contribution in [2.75, 3.05) is 26.7 Å². The minimum Gasteiger partial charge on any atom is -0.449 e. The standard InChI is InChI=1S/C25H30ClFN4O4/c1-5-6-9-35-25(34)30-13-15(2)31(16(3)32)22(14-30)20-12-18(26)11-19(23(20)27)17-7-8-29-21(10-17)24(33)28-4/h7-8,10-12,15,22H,5-6,9,13-14H2,1-4H3,(H,28,33)/t15-,22+/m1/s1. The summed E-state index contributed by atoms with van der Waals surface area (Å²) in [5.74, 6) is -1.24. The van der Waals surface area contributed by atoms with Crippen LogP contribution in [0.4, 0.5) is 9.18 Å². The Kier molecular flexibility index (Phi) is 8.67. The first-order valence-electron chi connectivity index (χ1n) is 11.6. The smallest absolute Gasteiger partial charge is 0.409 e. The number of halogens is 2. The first-order chi connectivity index (χ1) is 16.7. The minimum atomic E-state index is -0.771. The molecule has 1 aliphatic rings. The maximum absolute atomic E-state index is 16.0. The molecule has 2 heterocycles. The molecule has 1 aromatic heterocycles. The largest absolute Gasteiger partial charge is 0.449 e. The first kappa shape index (κ1) is 26.4. The van der Waals surface area contributed by atoms with Crippen molar-refractivity contribution in [1.82, 2.24) is 20.1 Å². The number of amides is 3. The normalized spacial score (nSPS) is 17.8. The number of nitrogens with one attached hydrogen (secondary N) is 1. The Morgan fingerprint density at radius 2 is 2.00 bits per heavy atom. The molecular formula is C25H30ClFN4O4. The summed E-state index contributed by atoms with van der Waals surface area (Å²) < 4.78 is 21.4. The number of hydrogen-bond donors (Lipinski definition) is 1. The highest BCUT2D eigenvalue weighted by molar-refractivity contribution is 6.31. The third kappa shape index (κ3) is 5.90. The first-order valence-corrected chi connectivity index (χ1v) is 11.9. The van der Waals surface area contributed by atoms with Crippen LogP contribution in [0, 0.1) is 5.82 Å². The van der Waals surface area contributed by atoms with Gasteiger partial charge < -0.3 is 19.9 Å². The molecular weight excluding hydrogens is 475 g/mol. The molecule has 188 valence electrons. The molecule has 3 rings (SSSR count). The van der Waals surface area contributed by atoms with E-state index < -0.39 is 23.9 Å². The van der Waals surface area contributed by atoms with E-state index in [1.165, 1.54) is 43.3 Å². The van der Waals surface area contributed by atoms with Crippen LogP contribution in [-0.4, -0.2) is 65.5 Å². The summed E-state index contributed by atoms with van der Waals surface area (Å²) in [6.45, 7) is 5.86. The molecule has 2 aromatic rings. The van der Waals surface area contributed by atoms with Crippen molar-refractivity contribution in [3.8, 4) is 11.1 Å². The van der Waals surface area contributed by atoms with Crippen LogP contribution in [-0.2, 0) is 9.53 Å². The lowest BCUT2D eigenvalue weighted by Gasteiger charge is -2.45. The Bertz CT molecular complexity index is 1110.